The molecule has 1 amide bonds. The van der Waals surface area contributed by atoms with E-state index in [1.54, 1.807) is 53.6 Å². The number of sulfonamides is 1. The van der Waals surface area contributed by atoms with Crippen molar-refractivity contribution in [3.8, 4) is 17.6 Å². The Morgan fingerprint density at radius 1 is 1.05 bits per heavy atom. The van der Waals surface area contributed by atoms with Crippen molar-refractivity contribution in [3.05, 3.63) is 94.8 Å². The Labute approximate surface area is 229 Å². The van der Waals surface area contributed by atoms with Crippen LogP contribution in [0, 0.1) is 11.8 Å². The number of aromatic nitrogens is 1. The molecule has 1 unspecified atom stereocenters. The maximum Gasteiger partial charge on any atom is 0.254 e. The molecule has 0 bridgehead atoms. The molecule has 9 nitrogen and oxygen atoms in total. The number of hydrogen-bond donors (Lipinski definition) is 2. The summed E-state index contributed by atoms with van der Waals surface area (Å²) in [5, 5.41) is -0.965. The first-order valence-electron chi connectivity index (χ1n) is 12.4. The van der Waals surface area contributed by atoms with Gasteiger partial charge >= 0.3 is 0 Å². The van der Waals surface area contributed by atoms with Gasteiger partial charge < -0.3 is 9.64 Å². The topological polar surface area (TPSA) is 120 Å². The number of ether oxygens (including phenoxy) is 1. The Hall–Kier alpha value is -3.40. The third-order valence-corrected chi connectivity index (χ3v) is 10.8. The molecule has 1 saturated heterocycles. The quantitative estimate of drug-likeness (QED) is 0.463. The Balaban J connectivity index is 1.45. The van der Waals surface area contributed by atoms with E-state index in [0.29, 0.717) is 28.1 Å². The van der Waals surface area contributed by atoms with Crippen LogP contribution in [0.5, 0.6) is 5.75 Å². The monoisotopic (exact) mass is 567 g/mol. The third-order valence-electron chi connectivity index (χ3n) is 6.93. The second-order valence-corrected chi connectivity index (χ2v) is 13.9. The fraction of sp³-hybridized carbons (Fsp3) is 0.286. The van der Waals surface area contributed by atoms with Crippen LogP contribution in [0.15, 0.2) is 66.9 Å². The van der Waals surface area contributed by atoms with Crippen LogP contribution in [0.3, 0.4) is 0 Å². The number of amides is 1. The van der Waals surface area contributed by atoms with E-state index in [4.69, 9.17) is 4.74 Å². The van der Waals surface area contributed by atoms with Crippen LogP contribution in [0.25, 0.3) is 0 Å². The van der Waals surface area contributed by atoms with Crippen molar-refractivity contribution in [1.29, 1.82) is 0 Å². The summed E-state index contributed by atoms with van der Waals surface area (Å²) in [5.41, 5.74) is 2.88. The molecule has 2 N–H and O–H groups in total. The number of hydrogen-bond acceptors (Lipinski definition) is 7. The molecule has 1 atom stereocenters. The average Bonchev–Trinajstić information content (AvgIpc) is 2.95. The van der Waals surface area contributed by atoms with E-state index in [1.165, 1.54) is 11.4 Å². The first kappa shape index (κ1) is 27.2. The Kier molecular flexibility index (Phi) is 7.66. The zero-order valence-corrected chi connectivity index (χ0v) is 23.0. The molecule has 0 aliphatic carbocycles. The molecule has 204 valence electrons. The van der Waals surface area contributed by atoms with Crippen LogP contribution in [0.4, 0.5) is 0 Å². The number of benzene rings is 2. The number of fused-ring (bicyclic) bond motifs is 1. The Morgan fingerprint density at radius 2 is 1.79 bits per heavy atom. The van der Waals surface area contributed by atoms with Gasteiger partial charge in [-0.15, -0.1) is 0 Å². The summed E-state index contributed by atoms with van der Waals surface area (Å²) < 4.78 is 54.2. The molecule has 3 heterocycles. The summed E-state index contributed by atoms with van der Waals surface area (Å²) in [6.45, 7) is 0.316. The number of carbonyl (C=O) groups is 1. The SMILES string of the molecule is COc1ccc(C(=O)N2Cc3ccccc3C(S(=O)(=O)N3CCS(O)(O)CC3)C2)cc1C#Cc1ccccn1. The van der Waals surface area contributed by atoms with Crippen molar-refractivity contribution >= 4 is 26.5 Å². The van der Waals surface area contributed by atoms with Gasteiger partial charge in [-0.3, -0.25) is 13.9 Å². The van der Waals surface area contributed by atoms with Gasteiger partial charge in [0.1, 0.15) is 16.7 Å². The van der Waals surface area contributed by atoms with E-state index in [0.717, 1.165) is 5.56 Å². The lowest BCUT2D eigenvalue weighted by molar-refractivity contribution is 0.0730. The van der Waals surface area contributed by atoms with Gasteiger partial charge in [-0.1, -0.05) is 36.3 Å². The first-order chi connectivity index (χ1) is 18.7. The van der Waals surface area contributed by atoms with Gasteiger partial charge in [0.25, 0.3) is 5.91 Å². The van der Waals surface area contributed by atoms with E-state index in [1.807, 2.05) is 18.2 Å². The van der Waals surface area contributed by atoms with Crippen molar-refractivity contribution in [3.63, 3.8) is 0 Å². The highest BCUT2D eigenvalue weighted by atomic mass is 32.3. The number of rotatable bonds is 4. The number of nitrogens with zero attached hydrogens (tertiary/aromatic N) is 3. The van der Waals surface area contributed by atoms with Crippen LogP contribution < -0.4 is 4.74 Å². The molecule has 1 fully saturated rings. The van der Waals surface area contributed by atoms with Crippen molar-refractivity contribution in [2.45, 2.75) is 11.8 Å². The molecular formula is C28H29N3O6S2. The lowest BCUT2D eigenvalue weighted by Crippen LogP contribution is -2.48. The molecule has 5 rings (SSSR count). The van der Waals surface area contributed by atoms with Gasteiger partial charge in [-0.25, -0.2) is 13.4 Å². The normalized spacial score (nSPS) is 19.8. The second kappa shape index (κ2) is 11.0. The fourth-order valence-electron chi connectivity index (χ4n) is 4.80. The number of methoxy groups -OCH3 is 1. The molecule has 1 aromatic heterocycles. The number of pyridine rings is 1. The molecule has 11 heteroatoms. The zero-order chi connectivity index (χ0) is 27.6. The molecule has 2 aliphatic rings. The Bertz CT molecular complexity index is 1540. The van der Waals surface area contributed by atoms with Gasteiger partial charge in [-0.2, -0.15) is 14.9 Å². The average molecular weight is 568 g/mol. The summed E-state index contributed by atoms with van der Waals surface area (Å²) in [7, 11) is -5.10. The predicted molar refractivity (Wildman–Crippen MR) is 150 cm³/mol. The summed E-state index contributed by atoms with van der Waals surface area (Å²) in [6.07, 6.45) is 1.65. The van der Waals surface area contributed by atoms with Gasteiger partial charge in [0.15, 0.2) is 0 Å². The first-order valence-corrected chi connectivity index (χ1v) is 15.8. The lowest BCUT2D eigenvalue weighted by atomic mass is 9.98. The molecular weight excluding hydrogens is 538 g/mol. The number of carbonyl (C=O) groups excluding carboxylic acids is 1. The van der Waals surface area contributed by atoms with E-state index >= 15 is 0 Å². The van der Waals surface area contributed by atoms with Crippen LogP contribution in [0.1, 0.15) is 38.0 Å². The summed E-state index contributed by atoms with van der Waals surface area (Å²) in [6, 6.07) is 17.6. The van der Waals surface area contributed by atoms with Crippen LogP contribution >= 0.6 is 10.6 Å². The van der Waals surface area contributed by atoms with Crippen molar-refractivity contribution in [2.24, 2.45) is 0 Å². The van der Waals surface area contributed by atoms with Gasteiger partial charge in [0.2, 0.25) is 10.0 Å². The molecule has 2 aromatic carbocycles. The third kappa shape index (κ3) is 5.80. The molecule has 3 aromatic rings. The van der Waals surface area contributed by atoms with Crippen LogP contribution in [-0.4, -0.2) is 75.9 Å². The smallest absolute Gasteiger partial charge is 0.254 e. The largest absolute Gasteiger partial charge is 0.495 e. The maximum absolute atomic E-state index is 13.8. The summed E-state index contributed by atoms with van der Waals surface area (Å²) >= 11 is 0. The second-order valence-electron chi connectivity index (χ2n) is 9.41. The van der Waals surface area contributed by atoms with Crippen LogP contribution in [-0.2, 0) is 16.6 Å². The minimum absolute atomic E-state index is 0.0113. The van der Waals surface area contributed by atoms with E-state index in [-0.39, 0.29) is 43.6 Å². The van der Waals surface area contributed by atoms with Crippen molar-refractivity contribution < 1.29 is 27.1 Å². The molecule has 0 spiro atoms. The van der Waals surface area contributed by atoms with Gasteiger partial charge in [-0.05, 0) is 47.4 Å². The van der Waals surface area contributed by atoms with E-state index in [9.17, 15) is 22.3 Å². The summed E-state index contributed by atoms with van der Waals surface area (Å²) in [5.74, 6) is 6.22. The van der Waals surface area contributed by atoms with Gasteiger partial charge in [0.05, 0.1) is 24.2 Å². The maximum atomic E-state index is 13.8. The zero-order valence-electron chi connectivity index (χ0n) is 21.4. The highest BCUT2D eigenvalue weighted by Crippen LogP contribution is 2.43. The van der Waals surface area contributed by atoms with E-state index < -0.39 is 25.9 Å². The van der Waals surface area contributed by atoms with Crippen molar-refractivity contribution in [1.82, 2.24) is 14.2 Å². The van der Waals surface area contributed by atoms with E-state index in [2.05, 4.69) is 16.8 Å². The molecule has 0 saturated carbocycles. The molecule has 0 radical (unpaired) electrons. The summed E-state index contributed by atoms with van der Waals surface area (Å²) in [4.78, 5) is 19.5. The highest BCUT2D eigenvalue weighted by Gasteiger charge is 2.41. The molecule has 2 aliphatic heterocycles. The molecule has 39 heavy (non-hydrogen) atoms. The van der Waals surface area contributed by atoms with Gasteiger partial charge in [0, 0.05) is 37.9 Å². The fourth-order valence-corrected chi connectivity index (χ4v) is 8.24. The standard InChI is InChI=1S/C28H29N3O6S2/c1-37-26-12-10-22(18-21(26)9-11-24-7-4-5-13-29-24)28(32)30-19-23-6-2-3-8-25(23)27(20-30)39(35,36)31-14-16-38(33,34)17-15-31/h2-8,10,12-13,18,27,33-34H,14-17,19-20H2,1H3. The minimum Gasteiger partial charge on any atom is -0.495 e. The predicted octanol–water partition coefficient (Wildman–Crippen LogP) is 3.58. The van der Waals surface area contributed by atoms with Crippen molar-refractivity contribution in [2.75, 3.05) is 38.2 Å². The minimum atomic E-state index is -3.87. The van der Waals surface area contributed by atoms with Crippen LogP contribution in [0.2, 0.25) is 0 Å². The Morgan fingerprint density at radius 3 is 2.51 bits per heavy atom. The lowest BCUT2D eigenvalue weighted by Gasteiger charge is -2.42. The highest BCUT2D eigenvalue weighted by molar-refractivity contribution is 8.24.